The quantitative estimate of drug-likeness (QED) is 0.855. The molecule has 2 rings (SSSR count). The lowest BCUT2D eigenvalue weighted by Gasteiger charge is -2.11. The van der Waals surface area contributed by atoms with Crippen LogP contribution < -0.4 is 5.32 Å². The van der Waals surface area contributed by atoms with Crippen molar-refractivity contribution in [2.75, 3.05) is 0 Å². The number of carbonyl (C=O) groups excluding carboxylic acids is 1. The van der Waals surface area contributed by atoms with Crippen molar-refractivity contribution in [3.8, 4) is 0 Å². The normalized spacial score (nSPS) is 23.6. The Hall–Kier alpha value is -1.43. The highest BCUT2D eigenvalue weighted by atomic mass is 32.1. The number of rotatable bonds is 3. The van der Waals surface area contributed by atoms with Crippen LogP contribution in [0.4, 0.5) is 0 Å². The second-order valence-corrected chi connectivity index (χ2v) is 4.96. The van der Waals surface area contributed by atoms with Crippen molar-refractivity contribution < 1.29 is 14.7 Å². The minimum atomic E-state index is -0.768. The molecule has 1 heterocycles. The average molecular weight is 254 g/mol. The van der Waals surface area contributed by atoms with Gasteiger partial charge in [-0.25, -0.2) is 0 Å². The number of carboxylic acids is 1. The van der Waals surface area contributed by atoms with Crippen LogP contribution in [0.1, 0.15) is 35.3 Å². The number of nitrogens with one attached hydrogen (secondary N) is 1. The third kappa shape index (κ3) is 2.63. The lowest BCUT2D eigenvalue weighted by molar-refractivity contribution is -0.141. The van der Waals surface area contributed by atoms with Gasteiger partial charge in [0.2, 0.25) is 0 Å². The van der Waals surface area contributed by atoms with Crippen molar-refractivity contribution in [2.45, 2.75) is 32.2 Å². The van der Waals surface area contributed by atoms with Crippen molar-refractivity contribution in [3.63, 3.8) is 0 Å². The van der Waals surface area contributed by atoms with Crippen LogP contribution in [-0.2, 0) is 4.79 Å². The summed E-state index contributed by atoms with van der Waals surface area (Å²) in [5, 5.41) is 13.5. The molecule has 1 aromatic heterocycles. The smallest absolute Gasteiger partial charge is 0.306 e. The summed E-state index contributed by atoms with van der Waals surface area (Å²) in [4.78, 5) is 22.7. The average Bonchev–Trinajstić information content (AvgIpc) is 2.86. The Kier molecular flexibility index (Phi) is 3.42. The standard InChI is InChI=1S/C11H14N2O3S/c1-6-9(5-17-13-6)10(14)12-8-3-2-7(4-8)11(15)16/h5,7-8H,2-4H2,1H3,(H,12,14)(H,15,16)/t7-,8+/m0/s1. The van der Waals surface area contributed by atoms with Gasteiger partial charge in [-0.15, -0.1) is 0 Å². The van der Waals surface area contributed by atoms with Crippen LogP contribution in [0.3, 0.4) is 0 Å². The fourth-order valence-corrected chi connectivity index (χ4v) is 2.80. The number of nitrogens with zero attached hydrogens (tertiary/aromatic N) is 1. The molecule has 1 aromatic rings. The topological polar surface area (TPSA) is 79.3 Å². The Morgan fingerprint density at radius 2 is 2.29 bits per heavy atom. The predicted octanol–water partition coefficient (Wildman–Crippen LogP) is 1.43. The highest BCUT2D eigenvalue weighted by Gasteiger charge is 2.30. The molecule has 17 heavy (non-hydrogen) atoms. The molecule has 6 heteroatoms. The van der Waals surface area contributed by atoms with Gasteiger partial charge in [-0.1, -0.05) is 0 Å². The van der Waals surface area contributed by atoms with Gasteiger partial charge in [0, 0.05) is 11.4 Å². The van der Waals surface area contributed by atoms with Gasteiger partial charge < -0.3 is 10.4 Å². The van der Waals surface area contributed by atoms with Gasteiger partial charge in [0.25, 0.3) is 5.91 Å². The Balaban J connectivity index is 1.93. The van der Waals surface area contributed by atoms with E-state index in [-0.39, 0.29) is 17.9 Å². The van der Waals surface area contributed by atoms with Gasteiger partial charge in [-0.3, -0.25) is 9.59 Å². The van der Waals surface area contributed by atoms with E-state index in [4.69, 9.17) is 5.11 Å². The van der Waals surface area contributed by atoms with Crippen molar-refractivity contribution in [1.82, 2.24) is 9.69 Å². The van der Waals surface area contributed by atoms with Gasteiger partial charge >= 0.3 is 5.97 Å². The van der Waals surface area contributed by atoms with Crippen LogP contribution in [0.5, 0.6) is 0 Å². The van der Waals surface area contributed by atoms with E-state index in [2.05, 4.69) is 9.69 Å². The number of amides is 1. The maximum atomic E-state index is 11.9. The van der Waals surface area contributed by atoms with Crippen molar-refractivity contribution >= 4 is 23.4 Å². The molecule has 2 N–H and O–H groups in total. The van der Waals surface area contributed by atoms with Crippen LogP contribution in [0.15, 0.2) is 5.38 Å². The van der Waals surface area contributed by atoms with E-state index in [1.807, 2.05) is 0 Å². The van der Waals surface area contributed by atoms with E-state index >= 15 is 0 Å². The second-order valence-electron chi connectivity index (χ2n) is 4.33. The molecule has 1 amide bonds. The van der Waals surface area contributed by atoms with E-state index in [0.717, 1.165) is 12.1 Å². The SMILES string of the molecule is Cc1nscc1C(=O)N[C@@H]1CC[C@H](C(=O)O)C1. The molecule has 1 aliphatic carbocycles. The summed E-state index contributed by atoms with van der Waals surface area (Å²) in [7, 11) is 0. The first-order chi connectivity index (χ1) is 8.08. The van der Waals surface area contributed by atoms with Crippen LogP contribution in [-0.4, -0.2) is 27.4 Å². The first kappa shape index (κ1) is 12.0. The fraction of sp³-hybridized carbons (Fsp3) is 0.545. The monoisotopic (exact) mass is 254 g/mol. The Bertz CT molecular complexity index is 444. The fourth-order valence-electron chi connectivity index (χ4n) is 2.11. The summed E-state index contributed by atoms with van der Waals surface area (Å²) in [6.45, 7) is 1.79. The number of aliphatic carboxylic acids is 1. The number of aryl methyl sites for hydroxylation is 1. The number of carboxylic acid groups (broad SMARTS) is 1. The summed E-state index contributed by atoms with van der Waals surface area (Å²) >= 11 is 1.25. The molecule has 0 spiro atoms. The van der Waals surface area contributed by atoms with Crippen LogP contribution in [0.25, 0.3) is 0 Å². The third-order valence-electron chi connectivity index (χ3n) is 3.11. The first-order valence-electron chi connectivity index (χ1n) is 5.52. The van der Waals surface area contributed by atoms with Gasteiger partial charge in [0.05, 0.1) is 17.2 Å². The lowest BCUT2D eigenvalue weighted by Crippen LogP contribution is -2.33. The summed E-state index contributed by atoms with van der Waals surface area (Å²) in [5.74, 6) is -1.23. The largest absolute Gasteiger partial charge is 0.481 e. The van der Waals surface area contributed by atoms with Crippen LogP contribution >= 0.6 is 11.5 Å². The highest BCUT2D eigenvalue weighted by Crippen LogP contribution is 2.26. The number of hydrogen-bond acceptors (Lipinski definition) is 4. The summed E-state index contributed by atoms with van der Waals surface area (Å²) in [6, 6.07) is -0.0251. The summed E-state index contributed by atoms with van der Waals surface area (Å²) in [5.41, 5.74) is 1.31. The van der Waals surface area contributed by atoms with Gasteiger partial charge in [-0.05, 0) is 37.7 Å². The van der Waals surface area contributed by atoms with Crippen molar-refractivity contribution in [3.05, 3.63) is 16.6 Å². The number of aromatic nitrogens is 1. The van der Waals surface area contributed by atoms with Crippen LogP contribution in [0.2, 0.25) is 0 Å². The molecule has 0 aromatic carbocycles. The zero-order valence-corrected chi connectivity index (χ0v) is 10.3. The van der Waals surface area contributed by atoms with E-state index < -0.39 is 5.97 Å². The highest BCUT2D eigenvalue weighted by molar-refractivity contribution is 7.03. The maximum absolute atomic E-state index is 11.9. The molecule has 0 aliphatic heterocycles. The van der Waals surface area contributed by atoms with Gasteiger partial charge in [-0.2, -0.15) is 4.37 Å². The van der Waals surface area contributed by atoms with Crippen LogP contribution in [0, 0.1) is 12.8 Å². The summed E-state index contributed by atoms with van der Waals surface area (Å²) in [6.07, 6.45) is 1.90. The Morgan fingerprint density at radius 1 is 1.53 bits per heavy atom. The predicted molar refractivity (Wildman–Crippen MR) is 63.1 cm³/mol. The van der Waals surface area contributed by atoms with Gasteiger partial charge in [0.1, 0.15) is 0 Å². The Labute approximate surface area is 103 Å². The van der Waals surface area contributed by atoms with E-state index in [1.54, 1.807) is 12.3 Å². The number of carbonyl (C=O) groups is 2. The Morgan fingerprint density at radius 3 is 2.82 bits per heavy atom. The van der Waals surface area contributed by atoms with E-state index in [9.17, 15) is 9.59 Å². The zero-order valence-electron chi connectivity index (χ0n) is 9.47. The minimum Gasteiger partial charge on any atom is -0.481 e. The minimum absolute atomic E-state index is 0.0251. The third-order valence-corrected chi connectivity index (χ3v) is 3.83. The molecule has 92 valence electrons. The molecule has 0 saturated heterocycles. The molecule has 2 atom stereocenters. The number of hydrogen-bond donors (Lipinski definition) is 2. The van der Waals surface area contributed by atoms with Crippen molar-refractivity contribution in [1.29, 1.82) is 0 Å². The zero-order chi connectivity index (χ0) is 12.4. The molecular formula is C11H14N2O3S. The summed E-state index contributed by atoms with van der Waals surface area (Å²) < 4.78 is 4.04. The van der Waals surface area contributed by atoms with Crippen molar-refractivity contribution in [2.24, 2.45) is 5.92 Å². The molecule has 0 bridgehead atoms. The maximum Gasteiger partial charge on any atom is 0.306 e. The molecule has 1 fully saturated rings. The van der Waals surface area contributed by atoms with E-state index in [1.165, 1.54) is 11.5 Å². The molecular weight excluding hydrogens is 240 g/mol. The second kappa shape index (κ2) is 4.83. The molecule has 0 unspecified atom stereocenters. The molecule has 1 aliphatic rings. The molecule has 5 nitrogen and oxygen atoms in total. The lowest BCUT2D eigenvalue weighted by atomic mass is 10.1. The molecule has 0 radical (unpaired) electrons. The molecule has 1 saturated carbocycles. The first-order valence-corrected chi connectivity index (χ1v) is 6.36. The van der Waals surface area contributed by atoms with Gasteiger partial charge in [0.15, 0.2) is 0 Å². The van der Waals surface area contributed by atoms with E-state index in [0.29, 0.717) is 18.4 Å².